The summed E-state index contributed by atoms with van der Waals surface area (Å²) in [4.78, 5) is 6.25. The molecule has 0 radical (unpaired) electrons. The molecule has 11 heavy (non-hydrogen) atoms. The van der Waals surface area contributed by atoms with Gasteiger partial charge in [0.2, 0.25) is 0 Å². The molecule has 0 saturated carbocycles. The molecule has 0 aromatic rings. The van der Waals surface area contributed by atoms with Gasteiger partial charge in [-0.2, -0.15) is 0 Å². The number of nitrogens with zero attached hydrogens (tertiary/aromatic N) is 2. The van der Waals surface area contributed by atoms with E-state index >= 15 is 0 Å². The topological polar surface area (TPSA) is 15.6 Å². The fourth-order valence-electron chi connectivity index (χ4n) is 0.692. The van der Waals surface area contributed by atoms with Crippen molar-refractivity contribution < 1.29 is 0 Å². The second-order valence-corrected chi connectivity index (χ2v) is 2.64. The van der Waals surface area contributed by atoms with Gasteiger partial charge in [0.05, 0.1) is 6.34 Å². The Bertz CT molecular complexity index is 136. The molecule has 0 amide bonds. The van der Waals surface area contributed by atoms with Crippen LogP contribution in [0.2, 0.25) is 0 Å². The average Bonchev–Trinajstić information content (AvgIpc) is 1.97. The molecule has 0 bridgehead atoms. The van der Waals surface area contributed by atoms with Gasteiger partial charge in [0.15, 0.2) is 0 Å². The van der Waals surface area contributed by atoms with Crippen molar-refractivity contribution in [1.82, 2.24) is 4.90 Å². The summed E-state index contributed by atoms with van der Waals surface area (Å²) in [5, 5.41) is 0. The first kappa shape index (κ1) is 10.2. The molecule has 2 nitrogen and oxygen atoms in total. The maximum atomic E-state index is 4.16. The van der Waals surface area contributed by atoms with E-state index < -0.39 is 0 Å². The first-order valence-corrected chi connectivity index (χ1v) is 4.12. The normalized spacial score (nSPS) is 12.1. The third-order valence-electron chi connectivity index (χ3n) is 1.32. The van der Waals surface area contributed by atoms with Crippen molar-refractivity contribution in [2.75, 3.05) is 6.54 Å². The Morgan fingerprint density at radius 1 is 1.45 bits per heavy atom. The molecule has 2 heteroatoms. The van der Waals surface area contributed by atoms with Gasteiger partial charge in [-0.1, -0.05) is 6.08 Å². The Morgan fingerprint density at radius 2 is 2.09 bits per heavy atom. The van der Waals surface area contributed by atoms with Crippen LogP contribution in [0.25, 0.3) is 0 Å². The van der Waals surface area contributed by atoms with Crippen LogP contribution in [0.4, 0.5) is 0 Å². The van der Waals surface area contributed by atoms with E-state index in [1.165, 1.54) is 0 Å². The van der Waals surface area contributed by atoms with Gasteiger partial charge in [-0.3, -0.25) is 4.99 Å². The molecule has 0 aliphatic rings. The quantitative estimate of drug-likeness (QED) is 0.448. The maximum absolute atomic E-state index is 4.16. The summed E-state index contributed by atoms with van der Waals surface area (Å²) in [6.07, 6.45) is 5.93. The summed E-state index contributed by atoms with van der Waals surface area (Å²) >= 11 is 0. The van der Waals surface area contributed by atoms with Crippen LogP contribution in [0, 0.1) is 0 Å². The smallest absolute Gasteiger partial charge is 0.0891 e. The number of hydrogen-bond acceptors (Lipinski definition) is 1. The molecule has 0 aromatic heterocycles. The number of allylic oxidation sites excluding steroid dienone is 1. The van der Waals surface area contributed by atoms with E-state index in [2.05, 4.69) is 23.7 Å². The minimum absolute atomic E-state index is 0.487. The zero-order chi connectivity index (χ0) is 8.69. The molecular weight excluding hydrogens is 136 g/mol. The molecule has 0 aliphatic carbocycles. The Labute approximate surface area is 69.6 Å². The summed E-state index contributed by atoms with van der Waals surface area (Å²) in [5.41, 5.74) is 0. The van der Waals surface area contributed by atoms with Crippen LogP contribution < -0.4 is 0 Å². The lowest BCUT2D eigenvalue weighted by Gasteiger charge is -2.18. The zero-order valence-corrected chi connectivity index (χ0v) is 7.91. The van der Waals surface area contributed by atoms with E-state index in [-0.39, 0.29) is 0 Å². The Balaban J connectivity index is 3.99. The van der Waals surface area contributed by atoms with E-state index in [0.29, 0.717) is 6.04 Å². The molecule has 0 heterocycles. The number of aliphatic imine (C=N–C) groups is 1. The van der Waals surface area contributed by atoms with Gasteiger partial charge in [0.1, 0.15) is 0 Å². The van der Waals surface area contributed by atoms with Crippen molar-refractivity contribution in [2.24, 2.45) is 4.99 Å². The van der Waals surface area contributed by atoms with Gasteiger partial charge in [-0.15, -0.1) is 0 Å². The molecule has 0 N–H and O–H groups in total. The second-order valence-electron chi connectivity index (χ2n) is 2.64. The molecule has 0 atom stereocenters. The molecule has 64 valence electrons. The molecule has 0 aromatic carbocycles. The van der Waals surface area contributed by atoms with Gasteiger partial charge in [0.25, 0.3) is 0 Å². The molecule has 0 saturated heterocycles. The van der Waals surface area contributed by atoms with Crippen molar-refractivity contribution in [3.8, 4) is 0 Å². The highest BCUT2D eigenvalue weighted by Gasteiger charge is 1.97. The third-order valence-corrected chi connectivity index (χ3v) is 1.32. The van der Waals surface area contributed by atoms with E-state index in [1.807, 2.05) is 32.5 Å². The predicted molar refractivity (Wildman–Crippen MR) is 50.8 cm³/mol. The van der Waals surface area contributed by atoms with Crippen LogP contribution >= 0.6 is 0 Å². The van der Waals surface area contributed by atoms with Gasteiger partial charge >= 0.3 is 0 Å². The largest absolute Gasteiger partial charge is 0.337 e. The highest BCUT2D eigenvalue weighted by atomic mass is 15.1. The lowest BCUT2D eigenvalue weighted by atomic mass is 10.3. The van der Waals surface area contributed by atoms with E-state index in [1.54, 1.807) is 0 Å². The van der Waals surface area contributed by atoms with Crippen LogP contribution in [0.5, 0.6) is 0 Å². The SMILES string of the molecule is C/C=C/N(/C=N\CC)C(C)C. The first-order valence-electron chi connectivity index (χ1n) is 4.12. The van der Waals surface area contributed by atoms with Gasteiger partial charge in [-0.05, 0) is 27.7 Å². The third kappa shape index (κ3) is 4.59. The zero-order valence-electron chi connectivity index (χ0n) is 7.91. The monoisotopic (exact) mass is 154 g/mol. The Kier molecular flexibility index (Phi) is 5.53. The van der Waals surface area contributed by atoms with Crippen LogP contribution in [0.1, 0.15) is 27.7 Å². The summed E-state index contributed by atoms with van der Waals surface area (Å²) in [7, 11) is 0. The summed E-state index contributed by atoms with van der Waals surface area (Å²) < 4.78 is 0. The van der Waals surface area contributed by atoms with Crippen LogP contribution in [-0.2, 0) is 0 Å². The predicted octanol–water partition coefficient (Wildman–Crippen LogP) is 2.28. The van der Waals surface area contributed by atoms with Crippen molar-refractivity contribution in [2.45, 2.75) is 33.7 Å². The molecule has 0 unspecified atom stereocenters. The van der Waals surface area contributed by atoms with Gasteiger partial charge < -0.3 is 4.90 Å². The first-order chi connectivity index (χ1) is 5.22. The van der Waals surface area contributed by atoms with E-state index in [0.717, 1.165) is 6.54 Å². The lowest BCUT2D eigenvalue weighted by Crippen LogP contribution is -2.23. The Hall–Kier alpha value is -0.790. The average molecular weight is 154 g/mol. The number of hydrogen-bond donors (Lipinski definition) is 0. The van der Waals surface area contributed by atoms with Crippen molar-refractivity contribution in [1.29, 1.82) is 0 Å². The van der Waals surface area contributed by atoms with Gasteiger partial charge in [0, 0.05) is 18.8 Å². The lowest BCUT2D eigenvalue weighted by molar-refractivity contribution is 0.469. The van der Waals surface area contributed by atoms with Crippen LogP contribution in [0.15, 0.2) is 17.3 Å². The van der Waals surface area contributed by atoms with E-state index in [4.69, 9.17) is 0 Å². The summed E-state index contributed by atoms with van der Waals surface area (Å²) in [5.74, 6) is 0. The highest BCUT2D eigenvalue weighted by molar-refractivity contribution is 5.56. The fourth-order valence-corrected chi connectivity index (χ4v) is 0.692. The molecule has 0 fully saturated rings. The molecule has 0 rings (SSSR count). The maximum Gasteiger partial charge on any atom is 0.0891 e. The highest BCUT2D eigenvalue weighted by Crippen LogP contribution is 1.95. The molecule has 0 spiro atoms. The van der Waals surface area contributed by atoms with Crippen LogP contribution in [-0.4, -0.2) is 23.8 Å². The summed E-state index contributed by atoms with van der Waals surface area (Å²) in [6.45, 7) is 9.17. The van der Waals surface area contributed by atoms with E-state index in [9.17, 15) is 0 Å². The minimum Gasteiger partial charge on any atom is -0.337 e. The van der Waals surface area contributed by atoms with Crippen molar-refractivity contribution in [3.63, 3.8) is 0 Å². The molecule has 0 aliphatic heterocycles. The van der Waals surface area contributed by atoms with Crippen molar-refractivity contribution >= 4 is 6.34 Å². The second kappa shape index (κ2) is 5.96. The van der Waals surface area contributed by atoms with Crippen LogP contribution in [0.3, 0.4) is 0 Å². The number of rotatable bonds is 4. The minimum atomic E-state index is 0.487. The van der Waals surface area contributed by atoms with Gasteiger partial charge in [-0.25, -0.2) is 0 Å². The van der Waals surface area contributed by atoms with Crippen molar-refractivity contribution in [3.05, 3.63) is 12.3 Å². The Morgan fingerprint density at radius 3 is 2.45 bits per heavy atom. The molecular formula is C9H18N2. The fraction of sp³-hybridized carbons (Fsp3) is 0.667. The standard InChI is InChI=1S/C9H18N2/c1-5-7-11(9(3)4)8-10-6-2/h5,7-9H,6H2,1-4H3/b7-5+,10-8-. The summed E-state index contributed by atoms with van der Waals surface area (Å²) in [6, 6.07) is 0.487.